The quantitative estimate of drug-likeness (QED) is 0.503. The summed E-state index contributed by atoms with van der Waals surface area (Å²) >= 11 is 6.03. The zero-order valence-corrected chi connectivity index (χ0v) is 21.1. The highest BCUT2D eigenvalue weighted by Gasteiger charge is 2.27. The summed E-state index contributed by atoms with van der Waals surface area (Å²) in [7, 11) is 0.337. The maximum absolute atomic E-state index is 13.0. The summed E-state index contributed by atoms with van der Waals surface area (Å²) in [6, 6.07) is 25.0. The van der Waals surface area contributed by atoms with E-state index in [2.05, 4.69) is 68.0 Å². The second kappa shape index (κ2) is 10.8. The Morgan fingerprint density at radius 2 is 1.59 bits per heavy atom. The summed E-state index contributed by atoms with van der Waals surface area (Å²) in [4.78, 5) is 6.97. The summed E-state index contributed by atoms with van der Waals surface area (Å²) in [5, 5.41) is 0.399. The van der Waals surface area contributed by atoms with Crippen molar-refractivity contribution in [3.05, 3.63) is 89.4 Å². The van der Waals surface area contributed by atoms with Crippen LogP contribution < -0.4 is 14.5 Å². The monoisotopic (exact) mass is 498 g/mol. The molecular weight excluding hydrogens is 468 g/mol. The second-order valence-corrected chi connectivity index (χ2v) is 10.9. The molecule has 0 aromatic heterocycles. The molecule has 0 saturated carbocycles. The van der Waals surface area contributed by atoms with Crippen molar-refractivity contribution in [1.82, 2.24) is 9.62 Å². The second-order valence-electron chi connectivity index (χ2n) is 8.67. The van der Waals surface area contributed by atoms with Crippen molar-refractivity contribution in [2.45, 2.75) is 10.9 Å². The molecule has 4 rings (SSSR count). The molecule has 0 aliphatic carbocycles. The molecule has 1 atom stereocenters. The van der Waals surface area contributed by atoms with Gasteiger partial charge >= 0.3 is 0 Å². The van der Waals surface area contributed by atoms with Gasteiger partial charge in [-0.1, -0.05) is 48.0 Å². The van der Waals surface area contributed by atoms with Crippen molar-refractivity contribution in [2.24, 2.45) is 0 Å². The Balaban J connectivity index is 1.52. The predicted octanol–water partition coefficient (Wildman–Crippen LogP) is 4.25. The first-order valence-electron chi connectivity index (χ1n) is 11.4. The number of piperazine rings is 1. The fourth-order valence-corrected chi connectivity index (χ4v) is 5.63. The highest BCUT2D eigenvalue weighted by Crippen LogP contribution is 2.26. The van der Waals surface area contributed by atoms with Gasteiger partial charge in [0.05, 0.1) is 4.90 Å². The molecule has 6 nitrogen and oxygen atoms in total. The van der Waals surface area contributed by atoms with Crippen LogP contribution in [0.5, 0.6) is 0 Å². The van der Waals surface area contributed by atoms with E-state index in [-0.39, 0.29) is 17.5 Å². The van der Waals surface area contributed by atoms with Crippen molar-refractivity contribution in [3.8, 4) is 0 Å². The lowest BCUT2D eigenvalue weighted by Gasteiger charge is -2.40. The Labute approximate surface area is 207 Å². The molecule has 0 spiro atoms. The third-order valence-electron chi connectivity index (χ3n) is 6.24. The van der Waals surface area contributed by atoms with Gasteiger partial charge in [0.2, 0.25) is 10.0 Å². The minimum atomic E-state index is -3.68. The van der Waals surface area contributed by atoms with Gasteiger partial charge in [-0.25, -0.2) is 13.1 Å². The lowest BCUT2D eigenvalue weighted by atomic mass is 10.0. The Kier molecular flexibility index (Phi) is 7.78. The van der Waals surface area contributed by atoms with Crippen LogP contribution in [0.1, 0.15) is 11.6 Å². The van der Waals surface area contributed by atoms with Crippen molar-refractivity contribution < 1.29 is 8.42 Å². The van der Waals surface area contributed by atoms with E-state index in [1.54, 1.807) is 18.2 Å². The third kappa shape index (κ3) is 5.91. The van der Waals surface area contributed by atoms with Crippen LogP contribution in [0.15, 0.2) is 83.8 Å². The predicted molar refractivity (Wildman–Crippen MR) is 140 cm³/mol. The van der Waals surface area contributed by atoms with Gasteiger partial charge in [-0.3, -0.25) is 4.90 Å². The largest absolute Gasteiger partial charge is 0.378 e. The summed E-state index contributed by atoms with van der Waals surface area (Å²) < 4.78 is 28.8. The van der Waals surface area contributed by atoms with E-state index < -0.39 is 10.0 Å². The highest BCUT2D eigenvalue weighted by molar-refractivity contribution is 7.89. The van der Waals surface area contributed by atoms with E-state index in [0.717, 1.165) is 37.4 Å². The number of sulfonamides is 1. The molecule has 1 N–H and O–H groups in total. The van der Waals surface area contributed by atoms with Crippen LogP contribution in [0.4, 0.5) is 11.4 Å². The highest BCUT2D eigenvalue weighted by atomic mass is 35.5. The van der Waals surface area contributed by atoms with Crippen LogP contribution in [0.3, 0.4) is 0 Å². The fraction of sp³-hybridized carbons (Fsp3) is 0.308. The molecule has 0 amide bonds. The molecule has 8 heteroatoms. The van der Waals surface area contributed by atoms with E-state index in [1.807, 2.05) is 20.2 Å². The summed E-state index contributed by atoms with van der Waals surface area (Å²) in [5.41, 5.74) is 3.42. The van der Waals surface area contributed by atoms with E-state index in [1.165, 1.54) is 11.8 Å². The number of hydrogen-bond acceptors (Lipinski definition) is 5. The Morgan fingerprint density at radius 3 is 2.21 bits per heavy atom. The van der Waals surface area contributed by atoms with Gasteiger partial charge in [0.1, 0.15) is 0 Å². The minimum Gasteiger partial charge on any atom is -0.378 e. The Morgan fingerprint density at radius 1 is 0.912 bits per heavy atom. The average Bonchev–Trinajstić information content (AvgIpc) is 2.85. The summed E-state index contributed by atoms with van der Waals surface area (Å²) in [5.74, 6) is 0. The van der Waals surface area contributed by atoms with E-state index >= 15 is 0 Å². The molecule has 0 bridgehead atoms. The molecule has 1 heterocycles. The molecule has 3 aromatic rings. The van der Waals surface area contributed by atoms with Crippen LogP contribution in [-0.4, -0.2) is 60.1 Å². The van der Waals surface area contributed by atoms with E-state index in [9.17, 15) is 8.42 Å². The van der Waals surface area contributed by atoms with Gasteiger partial charge in [0, 0.05) is 69.3 Å². The first-order chi connectivity index (χ1) is 16.3. The lowest BCUT2D eigenvalue weighted by molar-refractivity contribution is 0.187. The molecule has 1 fully saturated rings. The standard InChI is InChI=1S/C26H31ClN4O2S/c1-29(2)23-13-11-21(12-14-23)26(20-28-34(32,33)25-10-6-7-22(27)19-25)31-17-15-30(16-18-31)24-8-4-3-5-9-24/h3-14,19,26,28H,15-18,20H2,1-2H3/t26-/m1/s1. The molecule has 0 unspecified atom stereocenters. The molecule has 0 radical (unpaired) electrons. The third-order valence-corrected chi connectivity index (χ3v) is 7.90. The molecule has 3 aromatic carbocycles. The Bertz CT molecular complexity index is 1180. The molecule has 34 heavy (non-hydrogen) atoms. The van der Waals surface area contributed by atoms with Gasteiger partial charge in [-0.2, -0.15) is 0 Å². The maximum atomic E-state index is 13.0. The van der Waals surface area contributed by atoms with Gasteiger partial charge in [-0.05, 0) is 48.0 Å². The van der Waals surface area contributed by atoms with Crippen molar-refractivity contribution in [2.75, 3.05) is 56.6 Å². The van der Waals surface area contributed by atoms with Gasteiger partial charge < -0.3 is 9.80 Å². The number of nitrogens with one attached hydrogen (secondary N) is 1. The van der Waals surface area contributed by atoms with Gasteiger partial charge in [-0.15, -0.1) is 0 Å². The Hall–Kier alpha value is -2.58. The molecular formula is C26H31ClN4O2S. The van der Waals surface area contributed by atoms with Gasteiger partial charge in [0.25, 0.3) is 0 Å². The fourth-order valence-electron chi connectivity index (χ4n) is 4.29. The minimum absolute atomic E-state index is 0.0805. The number of rotatable bonds is 8. The first kappa shape index (κ1) is 24.5. The lowest BCUT2D eigenvalue weighted by Crippen LogP contribution is -2.49. The topological polar surface area (TPSA) is 55.9 Å². The number of hydrogen-bond donors (Lipinski definition) is 1. The normalized spacial score (nSPS) is 15.8. The van der Waals surface area contributed by atoms with E-state index in [4.69, 9.17) is 11.6 Å². The summed E-state index contributed by atoms with van der Waals surface area (Å²) in [6.07, 6.45) is 0. The average molecular weight is 499 g/mol. The van der Waals surface area contributed by atoms with Crippen LogP contribution in [0.25, 0.3) is 0 Å². The zero-order chi connectivity index (χ0) is 24.1. The first-order valence-corrected chi connectivity index (χ1v) is 13.3. The van der Waals surface area contributed by atoms with Crippen LogP contribution >= 0.6 is 11.6 Å². The zero-order valence-electron chi connectivity index (χ0n) is 19.6. The SMILES string of the molecule is CN(C)c1ccc([C@@H](CNS(=O)(=O)c2cccc(Cl)c2)N2CCN(c3ccccc3)CC2)cc1. The molecule has 1 aliphatic rings. The van der Waals surface area contributed by atoms with Crippen LogP contribution in [0, 0.1) is 0 Å². The van der Waals surface area contributed by atoms with E-state index in [0.29, 0.717) is 5.02 Å². The molecule has 1 saturated heterocycles. The smallest absolute Gasteiger partial charge is 0.240 e. The van der Waals surface area contributed by atoms with Gasteiger partial charge in [0.15, 0.2) is 0 Å². The number of nitrogens with zero attached hydrogens (tertiary/aromatic N) is 3. The van der Waals surface area contributed by atoms with Crippen molar-refractivity contribution in [3.63, 3.8) is 0 Å². The number of halogens is 1. The van der Waals surface area contributed by atoms with Crippen molar-refractivity contribution in [1.29, 1.82) is 0 Å². The van der Waals surface area contributed by atoms with Crippen LogP contribution in [0.2, 0.25) is 5.02 Å². The van der Waals surface area contributed by atoms with Crippen LogP contribution in [-0.2, 0) is 10.0 Å². The number of anilines is 2. The molecule has 1 aliphatic heterocycles. The maximum Gasteiger partial charge on any atom is 0.240 e. The van der Waals surface area contributed by atoms with Crippen molar-refractivity contribution >= 4 is 33.0 Å². The number of benzene rings is 3. The number of para-hydroxylation sites is 1. The summed E-state index contributed by atoms with van der Waals surface area (Å²) in [6.45, 7) is 3.73. The molecule has 180 valence electrons.